The molecule has 1 aliphatic carbocycles. The lowest BCUT2D eigenvalue weighted by Crippen LogP contribution is -2.48. The van der Waals surface area contributed by atoms with E-state index in [2.05, 4.69) is 24.1 Å². The van der Waals surface area contributed by atoms with Gasteiger partial charge in [-0.2, -0.15) is 0 Å². The van der Waals surface area contributed by atoms with E-state index in [1.54, 1.807) is 18.3 Å². The summed E-state index contributed by atoms with van der Waals surface area (Å²) in [4.78, 5) is 17.2. The monoisotopic (exact) mass is 364 g/mol. The molecule has 2 rings (SSSR count). The van der Waals surface area contributed by atoms with Crippen molar-refractivity contribution in [1.82, 2.24) is 4.98 Å². The van der Waals surface area contributed by atoms with Crippen LogP contribution >= 0.6 is 0 Å². The summed E-state index contributed by atoms with van der Waals surface area (Å²) < 4.78 is 16.8. The fraction of sp³-hybridized carbons (Fsp3) is 0.700. The molecule has 0 saturated heterocycles. The minimum atomic E-state index is -0.713. The van der Waals surface area contributed by atoms with Crippen LogP contribution in [-0.4, -0.2) is 42.9 Å². The summed E-state index contributed by atoms with van der Waals surface area (Å²) in [6.07, 6.45) is 6.09. The third-order valence-corrected chi connectivity index (χ3v) is 4.75. The Morgan fingerprint density at radius 1 is 1.23 bits per heavy atom. The normalized spacial score (nSPS) is 22.8. The average Bonchev–Trinajstić information content (AvgIpc) is 2.66. The lowest BCUT2D eigenvalue weighted by molar-refractivity contribution is -0.147. The SMILES string of the molecule is CCCOC1(C(=O)Nc2ccc(OCCOCC)nc2)CCC(C)CC1. The number of pyridine rings is 1. The number of anilines is 1. The number of ether oxygens (including phenoxy) is 3. The van der Waals surface area contributed by atoms with E-state index in [4.69, 9.17) is 14.2 Å². The van der Waals surface area contributed by atoms with E-state index in [1.165, 1.54) is 0 Å². The fourth-order valence-corrected chi connectivity index (χ4v) is 3.10. The molecular formula is C20H32N2O4. The summed E-state index contributed by atoms with van der Waals surface area (Å²) in [7, 11) is 0. The van der Waals surface area contributed by atoms with Crippen LogP contribution in [-0.2, 0) is 14.3 Å². The zero-order valence-electron chi connectivity index (χ0n) is 16.3. The molecule has 26 heavy (non-hydrogen) atoms. The van der Waals surface area contributed by atoms with Gasteiger partial charge in [0.05, 0.1) is 18.5 Å². The Hall–Kier alpha value is -1.66. The van der Waals surface area contributed by atoms with Crippen LogP contribution in [0.4, 0.5) is 5.69 Å². The second-order valence-corrected chi connectivity index (χ2v) is 6.91. The van der Waals surface area contributed by atoms with E-state index in [9.17, 15) is 4.79 Å². The number of carbonyl (C=O) groups is 1. The molecule has 1 saturated carbocycles. The summed E-state index contributed by atoms with van der Waals surface area (Å²) in [6, 6.07) is 3.56. The van der Waals surface area contributed by atoms with Crippen LogP contribution in [0.3, 0.4) is 0 Å². The molecule has 1 N–H and O–H groups in total. The molecule has 1 aromatic rings. The van der Waals surface area contributed by atoms with Gasteiger partial charge >= 0.3 is 0 Å². The van der Waals surface area contributed by atoms with Crippen LogP contribution in [0.1, 0.15) is 52.9 Å². The van der Waals surface area contributed by atoms with E-state index in [1.807, 2.05) is 6.92 Å². The quantitative estimate of drug-likeness (QED) is 0.639. The van der Waals surface area contributed by atoms with Gasteiger partial charge < -0.3 is 19.5 Å². The number of aromatic nitrogens is 1. The van der Waals surface area contributed by atoms with Gasteiger partial charge in [-0.15, -0.1) is 0 Å². The van der Waals surface area contributed by atoms with Gasteiger partial charge in [-0.05, 0) is 51.0 Å². The van der Waals surface area contributed by atoms with Gasteiger partial charge in [0.2, 0.25) is 5.88 Å². The molecule has 1 aliphatic rings. The number of hydrogen-bond donors (Lipinski definition) is 1. The highest BCUT2D eigenvalue weighted by molar-refractivity contribution is 5.97. The van der Waals surface area contributed by atoms with Crippen LogP contribution in [0.5, 0.6) is 5.88 Å². The third kappa shape index (κ3) is 5.95. The molecule has 0 bridgehead atoms. The molecule has 146 valence electrons. The average molecular weight is 364 g/mol. The van der Waals surface area contributed by atoms with Crippen molar-refractivity contribution in [2.75, 3.05) is 31.7 Å². The van der Waals surface area contributed by atoms with Gasteiger partial charge in [0.1, 0.15) is 12.2 Å². The molecule has 0 aromatic carbocycles. The van der Waals surface area contributed by atoms with Crippen LogP contribution in [0.2, 0.25) is 0 Å². The number of nitrogens with one attached hydrogen (secondary N) is 1. The molecule has 1 fully saturated rings. The van der Waals surface area contributed by atoms with E-state index in [-0.39, 0.29) is 5.91 Å². The molecule has 0 atom stereocenters. The number of nitrogens with zero attached hydrogens (tertiary/aromatic N) is 1. The number of hydrogen-bond acceptors (Lipinski definition) is 5. The zero-order valence-corrected chi connectivity index (χ0v) is 16.3. The second kappa shape index (κ2) is 10.5. The summed E-state index contributed by atoms with van der Waals surface area (Å²) in [6.45, 7) is 8.50. The fourth-order valence-electron chi connectivity index (χ4n) is 3.10. The van der Waals surface area contributed by atoms with Crippen molar-refractivity contribution in [3.8, 4) is 5.88 Å². The molecule has 6 nitrogen and oxygen atoms in total. The Morgan fingerprint density at radius 3 is 2.62 bits per heavy atom. The predicted molar refractivity (Wildman–Crippen MR) is 101 cm³/mol. The van der Waals surface area contributed by atoms with Crippen molar-refractivity contribution < 1.29 is 19.0 Å². The van der Waals surface area contributed by atoms with Crippen molar-refractivity contribution >= 4 is 11.6 Å². The highest BCUT2D eigenvalue weighted by Crippen LogP contribution is 2.36. The minimum Gasteiger partial charge on any atom is -0.475 e. The summed E-state index contributed by atoms with van der Waals surface area (Å²) in [5.74, 6) is 1.10. The van der Waals surface area contributed by atoms with Gasteiger partial charge in [0.15, 0.2) is 0 Å². The number of amides is 1. The van der Waals surface area contributed by atoms with Crippen molar-refractivity contribution in [2.45, 2.75) is 58.5 Å². The molecule has 0 radical (unpaired) electrons. The molecule has 1 heterocycles. The van der Waals surface area contributed by atoms with Crippen LogP contribution in [0.15, 0.2) is 18.3 Å². The first kappa shape index (κ1) is 20.6. The summed E-state index contributed by atoms with van der Waals surface area (Å²) in [5, 5.41) is 2.97. The lowest BCUT2D eigenvalue weighted by Gasteiger charge is -2.37. The predicted octanol–water partition coefficient (Wildman–Crippen LogP) is 3.81. The highest BCUT2D eigenvalue weighted by atomic mass is 16.5. The standard InChI is InChI=1S/C20H32N2O4/c1-4-12-26-20(10-8-16(3)9-11-20)19(23)22-17-6-7-18(21-15-17)25-14-13-24-5-2/h6-7,15-16H,4-5,8-14H2,1-3H3,(H,22,23). The van der Waals surface area contributed by atoms with Crippen molar-refractivity contribution in [1.29, 1.82) is 0 Å². The maximum Gasteiger partial charge on any atom is 0.256 e. The minimum absolute atomic E-state index is 0.0651. The Labute approximate surface area is 156 Å². The first-order valence-corrected chi connectivity index (χ1v) is 9.71. The van der Waals surface area contributed by atoms with Crippen LogP contribution in [0, 0.1) is 5.92 Å². The van der Waals surface area contributed by atoms with E-state index in [0.29, 0.717) is 43.9 Å². The van der Waals surface area contributed by atoms with Gasteiger partial charge in [-0.1, -0.05) is 13.8 Å². The second-order valence-electron chi connectivity index (χ2n) is 6.91. The molecule has 0 aliphatic heterocycles. The molecule has 6 heteroatoms. The van der Waals surface area contributed by atoms with Gasteiger partial charge in [0.25, 0.3) is 5.91 Å². The Bertz CT molecular complexity index is 534. The van der Waals surface area contributed by atoms with Gasteiger partial charge in [-0.3, -0.25) is 4.79 Å². The Balaban J connectivity index is 1.93. The highest BCUT2D eigenvalue weighted by Gasteiger charge is 2.42. The summed E-state index contributed by atoms with van der Waals surface area (Å²) in [5.41, 5.74) is -0.0555. The smallest absolute Gasteiger partial charge is 0.256 e. The van der Waals surface area contributed by atoms with E-state index < -0.39 is 5.60 Å². The molecular weight excluding hydrogens is 332 g/mol. The largest absolute Gasteiger partial charge is 0.475 e. The van der Waals surface area contributed by atoms with Crippen molar-refractivity contribution in [2.24, 2.45) is 5.92 Å². The molecule has 1 aromatic heterocycles. The third-order valence-electron chi connectivity index (χ3n) is 4.75. The van der Waals surface area contributed by atoms with Crippen LogP contribution < -0.4 is 10.1 Å². The molecule has 0 spiro atoms. The van der Waals surface area contributed by atoms with Crippen LogP contribution in [0.25, 0.3) is 0 Å². The van der Waals surface area contributed by atoms with Gasteiger partial charge in [0, 0.05) is 19.3 Å². The summed E-state index contributed by atoms with van der Waals surface area (Å²) >= 11 is 0. The topological polar surface area (TPSA) is 69.7 Å². The van der Waals surface area contributed by atoms with Gasteiger partial charge in [-0.25, -0.2) is 4.98 Å². The number of carbonyl (C=O) groups excluding carboxylic acids is 1. The van der Waals surface area contributed by atoms with Crippen molar-refractivity contribution in [3.05, 3.63) is 18.3 Å². The van der Waals surface area contributed by atoms with Crippen molar-refractivity contribution in [3.63, 3.8) is 0 Å². The Kier molecular flexibility index (Phi) is 8.32. The maximum absolute atomic E-state index is 12.9. The van der Waals surface area contributed by atoms with E-state index in [0.717, 1.165) is 32.1 Å². The van der Waals surface area contributed by atoms with E-state index >= 15 is 0 Å². The lowest BCUT2D eigenvalue weighted by atomic mass is 9.78. The molecule has 1 amide bonds. The first-order valence-electron chi connectivity index (χ1n) is 9.71. The number of rotatable bonds is 10. The maximum atomic E-state index is 12.9. The first-order chi connectivity index (χ1) is 12.6. The molecule has 0 unspecified atom stereocenters. The zero-order chi connectivity index (χ0) is 18.8. The Morgan fingerprint density at radius 2 is 2.00 bits per heavy atom.